The van der Waals surface area contributed by atoms with Crippen LogP contribution in [0.5, 0.6) is 0 Å². The van der Waals surface area contributed by atoms with Crippen molar-refractivity contribution in [3.05, 3.63) is 176 Å². The van der Waals surface area contributed by atoms with Crippen LogP contribution in [0.15, 0.2) is 176 Å². The molecule has 2 heterocycles. The monoisotopic (exact) mass is 654 g/mol. The minimum atomic E-state index is -0.636. The lowest BCUT2D eigenvalue weighted by atomic mass is 10.0. The number of benzene rings is 7. The van der Waals surface area contributed by atoms with Gasteiger partial charge in [-0.05, 0) is 45.5 Å². The van der Waals surface area contributed by atoms with Crippen LogP contribution in [0.3, 0.4) is 0 Å². The fourth-order valence-corrected chi connectivity index (χ4v) is 7.03. The molecule has 0 saturated carbocycles. The Bertz CT molecular complexity index is 3180. The number of nitrogens with zero attached hydrogens (tertiary/aromatic N) is 3. The van der Waals surface area contributed by atoms with E-state index in [2.05, 4.69) is 0 Å². The van der Waals surface area contributed by atoms with Gasteiger partial charge in [-0.1, -0.05) is 164 Å². The normalized spacial score (nSPS) is 14.4. The molecule has 4 heteroatoms. The Balaban J connectivity index is 1.35. The smallest absolute Gasteiger partial charge is 0.165 e. The summed E-state index contributed by atoms with van der Waals surface area (Å²) in [5, 5.41) is 0.0130. The summed E-state index contributed by atoms with van der Waals surface area (Å²) in [4.78, 5) is 14.7. The molecule has 49 heavy (non-hydrogen) atoms. The Morgan fingerprint density at radius 1 is 0.367 bits per heavy atom. The van der Waals surface area contributed by atoms with Gasteiger partial charge in [0.2, 0.25) is 0 Å². The van der Waals surface area contributed by atoms with Gasteiger partial charge in [0.1, 0.15) is 0 Å². The van der Waals surface area contributed by atoms with Crippen LogP contribution < -0.4 is 0 Å². The maximum absolute atomic E-state index is 9.30. The molecule has 2 aromatic heterocycles. The molecule has 0 spiro atoms. The zero-order valence-corrected chi connectivity index (χ0v) is 26.5. The van der Waals surface area contributed by atoms with Gasteiger partial charge in [-0.15, -0.1) is 11.3 Å². The summed E-state index contributed by atoms with van der Waals surface area (Å²) >= 11 is 0.932. The Morgan fingerprint density at radius 3 is 1.57 bits per heavy atom. The predicted molar refractivity (Wildman–Crippen MR) is 205 cm³/mol. The van der Waals surface area contributed by atoms with Crippen LogP contribution in [0.1, 0.15) is 15.1 Å². The molecule has 0 aliphatic carbocycles. The summed E-state index contributed by atoms with van der Waals surface area (Å²) in [6.07, 6.45) is 0. The van der Waals surface area contributed by atoms with Crippen molar-refractivity contribution in [3.8, 4) is 67.5 Å². The Labute approximate surface area is 304 Å². The number of aromatic nitrogens is 3. The standard InChI is InChI=1S/C45H29N3S/c1-4-13-30(14-5-1)32-25-27-34(28-26-32)43-46-44(36-20-10-19-35(29-36)31-15-6-2-7-16-31)48-45(47-43)40-24-12-23-39-38-22-11-21-37(41(38)49-42(39)40)33-17-8-3-9-18-33/h1-29H/i3D,8D,9D,11D,12D,17D,18D,21D,22D,23D,24D. The number of fused-ring (bicyclic) bond motifs is 3. The summed E-state index contributed by atoms with van der Waals surface area (Å²) in [7, 11) is 0. The highest BCUT2D eigenvalue weighted by molar-refractivity contribution is 7.26. The van der Waals surface area contributed by atoms with Crippen molar-refractivity contribution < 1.29 is 15.1 Å². The van der Waals surface area contributed by atoms with Crippen molar-refractivity contribution in [2.75, 3.05) is 0 Å². The lowest BCUT2D eigenvalue weighted by Gasteiger charge is -2.11. The molecule has 0 radical (unpaired) electrons. The first kappa shape index (κ1) is 19.6. The Hall–Kier alpha value is -6.23. The van der Waals surface area contributed by atoms with Gasteiger partial charge in [0.15, 0.2) is 17.5 Å². The van der Waals surface area contributed by atoms with Crippen molar-refractivity contribution >= 4 is 31.5 Å². The van der Waals surface area contributed by atoms with Crippen molar-refractivity contribution in [2.24, 2.45) is 0 Å². The van der Waals surface area contributed by atoms with E-state index < -0.39 is 60.4 Å². The largest absolute Gasteiger partial charge is 0.208 e. The molecule has 9 aromatic rings. The van der Waals surface area contributed by atoms with Crippen LogP contribution in [0.4, 0.5) is 0 Å². The fraction of sp³-hybridized carbons (Fsp3) is 0. The number of rotatable bonds is 6. The molecule has 0 fully saturated rings. The minimum Gasteiger partial charge on any atom is -0.208 e. The molecule has 7 aromatic carbocycles. The highest BCUT2D eigenvalue weighted by Gasteiger charge is 2.18. The third kappa shape index (κ3) is 5.48. The van der Waals surface area contributed by atoms with Crippen LogP contribution in [-0.2, 0) is 0 Å². The van der Waals surface area contributed by atoms with Gasteiger partial charge in [0.05, 0.1) is 15.1 Å². The predicted octanol–water partition coefficient (Wildman–Crippen LogP) is 12.2. The van der Waals surface area contributed by atoms with Gasteiger partial charge in [0.25, 0.3) is 0 Å². The molecule has 230 valence electrons. The lowest BCUT2D eigenvalue weighted by Crippen LogP contribution is -2.00. The van der Waals surface area contributed by atoms with Crippen LogP contribution in [0.2, 0.25) is 0 Å². The van der Waals surface area contributed by atoms with Crippen molar-refractivity contribution in [1.29, 1.82) is 0 Å². The molecule has 0 unspecified atom stereocenters. The zero-order valence-electron chi connectivity index (χ0n) is 36.6. The minimum absolute atomic E-state index is 0.00427. The van der Waals surface area contributed by atoms with E-state index in [1.165, 1.54) is 0 Å². The summed E-state index contributed by atoms with van der Waals surface area (Å²) in [5.74, 6) is 0.520. The lowest BCUT2D eigenvalue weighted by molar-refractivity contribution is 1.08. The highest BCUT2D eigenvalue weighted by Crippen LogP contribution is 2.43. The second kappa shape index (κ2) is 12.4. The van der Waals surface area contributed by atoms with E-state index in [0.717, 1.165) is 33.6 Å². The Morgan fingerprint density at radius 2 is 0.878 bits per heavy atom. The van der Waals surface area contributed by atoms with Gasteiger partial charge < -0.3 is 0 Å². The van der Waals surface area contributed by atoms with E-state index in [1.54, 1.807) is 0 Å². The van der Waals surface area contributed by atoms with Crippen molar-refractivity contribution in [2.45, 2.75) is 0 Å². The summed E-state index contributed by atoms with van der Waals surface area (Å²) in [6, 6.07) is 29.1. The van der Waals surface area contributed by atoms with Crippen LogP contribution in [-0.4, -0.2) is 15.0 Å². The first-order valence-corrected chi connectivity index (χ1v) is 16.3. The van der Waals surface area contributed by atoms with Gasteiger partial charge in [0, 0.05) is 36.9 Å². The SMILES string of the molecule is [2H]c1c([2H])c([2H])c(-c2c([2H])c([2H])c([2H])c3c2sc2c(-c4nc(-c5ccc(-c6ccccc6)cc5)nc(-c5cccc(-c6ccccc6)c5)n4)c([2H])c([2H])c([2H])c23)c([2H])c1[2H]. The van der Waals surface area contributed by atoms with Crippen molar-refractivity contribution in [1.82, 2.24) is 15.0 Å². The van der Waals surface area contributed by atoms with Gasteiger partial charge in [-0.25, -0.2) is 15.0 Å². The van der Waals surface area contributed by atoms with Crippen LogP contribution in [0.25, 0.3) is 87.7 Å². The molecule has 0 atom stereocenters. The zero-order chi connectivity index (χ0) is 42.1. The molecule has 0 amide bonds. The summed E-state index contributed by atoms with van der Waals surface area (Å²) < 4.78 is 96.9. The van der Waals surface area contributed by atoms with E-state index in [4.69, 9.17) is 28.7 Å². The first-order chi connectivity index (χ1) is 28.8. The molecule has 0 aliphatic heterocycles. The third-order valence-electron chi connectivity index (χ3n) is 8.20. The average molecular weight is 655 g/mol. The van der Waals surface area contributed by atoms with Gasteiger partial charge in [-0.3, -0.25) is 0 Å². The van der Waals surface area contributed by atoms with Gasteiger partial charge in [-0.2, -0.15) is 0 Å². The van der Waals surface area contributed by atoms with E-state index in [-0.39, 0.29) is 60.4 Å². The molecular formula is C45H29N3S. The van der Waals surface area contributed by atoms with Gasteiger partial charge >= 0.3 is 0 Å². The molecule has 0 saturated heterocycles. The maximum Gasteiger partial charge on any atom is 0.165 e. The third-order valence-corrected chi connectivity index (χ3v) is 9.42. The summed E-state index contributed by atoms with van der Waals surface area (Å²) in [5.41, 5.74) is 4.68. The molecular weight excluding hydrogens is 615 g/mol. The molecule has 3 nitrogen and oxygen atoms in total. The topological polar surface area (TPSA) is 38.7 Å². The molecule has 9 rings (SSSR count). The van der Waals surface area contributed by atoms with Crippen LogP contribution in [0, 0.1) is 0 Å². The van der Waals surface area contributed by atoms with Crippen LogP contribution >= 0.6 is 11.3 Å². The number of thiophene rings is 1. The molecule has 0 bridgehead atoms. The second-order valence-corrected chi connectivity index (χ2v) is 12.2. The molecule has 0 N–H and O–H groups in total. The maximum atomic E-state index is 9.30. The number of hydrogen-bond acceptors (Lipinski definition) is 4. The van der Waals surface area contributed by atoms with Crippen molar-refractivity contribution in [3.63, 3.8) is 0 Å². The highest BCUT2D eigenvalue weighted by atomic mass is 32.1. The number of hydrogen-bond donors (Lipinski definition) is 0. The first-order valence-electron chi connectivity index (χ1n) is 21.0. The Kier molecular flexibility index (Phi) is 4.96. The average Bonchev–Trinajstić information content (AvgIpc) is 3.68. The second-order valence-electron chi connectivity index (χ2n) is 11.2. The summed E-state index contributed by atoms with van der Waals surface area (Å²) in [6.45, 7) is 0. The van der Waals surface area contributed by atoms with E-state index in [0.29, 0.717) is 11.1 Å². The van der Waals surface area contributed by atoms with E-state index in [1.807, 2.05) is 109 Å². The fourth-order valence-electron chi connectivity index (χ4n) is 5.81. The van der Waals surface area contributed by atoms with E-state index >= 15 is 0 Å². The van der Waals surface area contributed by atoms with E-state index in [9.17, 15) is 1.37 Å². The molecule has 0 aliphatic rings. The quantitative estimate of drug-likeness (QED) is 0.179.